The standard InChI is InChI=1S/C11H20N2O2.CH4/c1-8(9(2)14)13-7-5-4-6-10(12-3)11(13)15;/h8,10,12H,4-7H2,1-3H3;1H4. The highest BCUT2D eigenvalue weighted by Crippen LogP contribution is 2.14. The molecule has 1 amide bonds. The van der Waals surface area contributed by atoms with E-state index in [4.69, 9.17) is 0 Å². The molecular formula is C12H24N2O2. The number of nitrogens with zero attached hydrogens (tertiary/aromatic N) is 1. The quantitative estimate of drug-likeness (QED) is 0.789. The summed E-state index contributed by atoms with van der Waals surface area (Å²) >= 11 is 0. The van der Waals surface area contributed by atoms with Crippen molar-refractivity contribution in [2.45, 2.75) is 52.6 Å². The number of amides is 1. The van der Waals surface area contributed by atoms with Crippen LogP contribution in [0.4, 0.5) is 0 Å². The third-order valence-electron chi connectivity index (χ3n) is 3.13. The van der Waals surface area contributed by atoms with Crippen LogP contribution in [0.2, 0.25) is 0 Å². The molecule has 4 nitrogen and oxygen atoms in total. The molecule has 1 saturated heterocycles. The van der Waals surface area contributed by atoms with Gasteiger partial charge in [-0.3, -0.25) is 9.59 Å². The number of rotatable bonds is 3. The van der Waals surface area contributed by atoms with Crippen LogP contribution in [0, 0.1) is 0 Å². The van der Waals surface area contributed by atoms with Gasteiger partial charge in [0.15, 0.2) is 5.78 Å². The van der Waals surface area contributed by atoms with Crippen molar-refractivity contribution >= 4 is 11.7 Å². The van der Waals surface area contributed by atoms with E-state index in [1.165, 1.54) is 6.92 Å². The molecule has 0 radical (unpaired) electrons. The molecule has 1 fully saturated rings. The third-order valence-corrected chi connectivity index (χ3v) is 3.13. The number of Topliss-reactive ketones (excluding diaryl/α,β-unsaturated/α-hetero) is 1. The Balaban J connectivity index is 0.00000225. The van der Waals surface area contributed by atoms with E-state index in [9.17, 15) is 9.59 Å². The van der Waals surface area contributed by atoms with Crippen molar-refractivity contribution in [3.8, 4) is 0 Å². The first-order chi connectivity index (χ1) is 7.07. The summed E-state index contributed by atoms with van der Waals surface area (Å²) < 4.78 is 0. The summed E-state index contributed by atoms with van der Waals surface area (Å²) in [5.41, 5.74) is 0. The molecule has 0 spiro atoms. The Hall–Kier alpha value is -0.900. The van der Waals surface area contributed by atoms with E-state index < -0.39 is 0 Å². The van der Waals surface area contributed by atoms with Gasteiger partial charge in [0, 0.05) is 6.54 Å². The topological polar surface area (TPSA) is 49.4 Å². The zero-order valence-corrected chi connectivity index (χ0v) is 9.75. The van der Waals surface area contributed by atoms with E-state index >= 15 is 0 Å². The molecule has 16 heavy (non-hydrogen) atoms. The van der Waals surface area contributed by atoms with E-state index in [0.717, 1.165) is 19.3 Å². The number of hydrogen-bond acceptors (Lipinski definition) is 3. The second-order valence-electron chi connectivity index (χ2n) is 4.16. The van der Waals surface area contributed by atoms with E-state index in [1.807, 2.05) is 0 Å². The highest BCUT2D eigenvalue weighted by molar-refractivity contribution is 5.89. The van der Waals surface area contributed by atoms with Crippen LogP contribution in [-0.4, -0.2) is 42.3 Å². The molecule has 0 saturated carbocycles. The van der Waals surface area contributed by atoms with Crippen LogP contribution in [-0.2, 0) is 9.59 Å². The summed E-state index contributed by atoms with van der Waals surface area (Å²) in [6.07, 6.45) is 2.90. The maximum atomic E-state index is 12.0. The van der Waals surface area contributed by atoms with Gasteiger partial charge in [-0.15, -0.1) is 0 Å². The van der Waals surface area contributed by atoms with Crippen molar-refractivity contribution < 1.29 is 9.59 Å². The minimum absolute atomic E-state index is 0. The third kappa shape index (κ3) is 3.30. The van der Waals surface area contributed by atoms with Crippen molar-refractivity contribution in [1.82, 2.24) is 10.2 Å². The summed E-state index contributed by atoms with van der Waals surface area (Å²) in [6, 6.07) is -0.402. The Morgan fingerprint density at radius 1 is 1.50 bits per heavy atom. The Bertz CT molecular complexity index is 253. The van der Waals surface area contributed by atoms with Gasteiger partial charge in [-0.25, -0.2) is 0 Å². The van der Waals surface area contributed by atoms with E-state index in [1.54, 1.807) is 18.9 Å². The lowest BCUT2D eigenvalue weighted by molar-refractivity contribution is -0.139. The number of nitrogens with one attached hydrogen (secondary N) is 1. The summed E-state index contributed by atoms with van der Waals surface area (Å²) in [5, 5.41) is 3.01. The summed E-state index contributed by atoms with van der Waals surface area (Å²) in [7, 11) is 1.80. The molecule has 1 aliphatic rings. The molecule has 1 heterocycles. The van der Waals surface area contributed by atoms with Crippen molar-refractivity contribution in [3.05, 3.63) is 0 Å². The van der Waals surface area contributed by atoms with Crippen molar-refractivity contribution in [3.63, 3.8) is 0 Å². The molecule has 4 heteroatoms. The largest absolute Gasteiger partial charge is 0.332 e. The fraction of sp³-hybridized carbons (Fsp3) is 0.833. The predicted octanol–water partition coefficient (Wildman–Crippen LogP) is 1.20. The molecule has 0 aromatic carbocycles. The smallest absolute Gasteiger partial charge is 0.240 e. The summed E-state index contributed by atoms with van der Waals surface area (Å²) in [6.45, 7) is 4.05. The van der Waals surface area contributed by atoms with Gasteiger partial charge in [0.05, 0.1) is 12.1 Å². The Kier molecular flexibility index (Phi) is 6.26. The van der Waals surface area contributed by atoms with Gasteiger partial charge in [0.2, 0.25) is 5.91 Å². The van der Waals surface area contributed by atoms with E-state index in [0.29, 0.717) is 6.54 Å². The highest BCUT2D eigenvalue weighted by atomic mass is 16.2. The average Bonchev–Trinajstić information content (AvgIpc) is 2.39. The zero-order valence-electron chi connectivity index (χ0n) is 9.75. The molecule has 2 atom stereocenters. The number of ketones is 1. The molecule has 1 N–H and O–H groups in total. The van der Waals surface area contributed by atoms with Gasteiger partial charge in [-0.1, -0.05) is 7.43 Å². The number of hydrogen-bond donors (Lipinski definition) is 1. The van der Waals surface area contributed by atoms with Gasteiger partial charge in [-0.05, 0) is 40.2 Å². The normalized spacial score (nSPS) is 23.3. The lowest BCUT2D eigenvalue weighted by Gasteiger charge is -2.28. The van der Waals surface area contributed by atoms with Gasteiger partial charge in [0.1, 0.15) is 0 Å². The molecule has 0 aromatic heterocycles. The number of likely N-dealkylation sites (tertiary alicyclic amines) is 1. The minimum Gasteiger partial charge on any atom is -0.332 e. The second-order valence-corrected chi connectivity index (χ2v) is 4.16. The summed E-state index contributed by atoms with van der Waals surface area (Å²) in [4.78, 5) is 25.0. The van der Waals surface area contributed by atoms with Crippen molar-refractivity contribution in [2.24, 2.45) is 0 Å². The van der Waals surface area contributed by atoms with Crippen LogP contribution in [0.3, 0.4) is 0 Å². The van der Waals surface area contributed by atoms with Crippen molar-refractivity contribution in [1.29, 1.82) is 0 Å². The Morgan fingerprint density at radius 3 is 2.62 bits per heavy atom. The first-order valence-corrected chi connectivity index (χ1v) is 5.56. The molecule has 1 aliphatic heterocycles. The molecule has 2 unspecified atom stereocenters. The maximum absolute atomic E-state index is 12.0. The minimum atomic E-state index is -0.286. The first kappa shape index (κ1) is 15.1. The van der Waals surface area contributed by atoms with Gasteiger partial charge < -0.3 is 10.2 Å². The van der Waals surface area contributed by atoms with Crippen molar-refractivity contribution in [2.75, 3.05) is 13.6 Å². The average molecular weight is 228 g/mol. The van der Waals surface area contributed by atoms with Gasteiger partial charge >= 0.3 is 0 Å². The Labute approximate surface area is 98.4 Å². The molecular weight excluding hydrogens is 204 g/mol. The van der Waals surface area contributed by atoms with Crippen LogP contribution in [0.1, 0.15) is 40.5 Å². The van der Waals surface area contributed by atoms with Crippen LogP contribution in [0.5, 0.6) is 0 Å². The van der Waals surface area contributed by atoms with E-state index in [-0.39, 0.29) is 31.2 Å². The van der Waals surface area contributed by atoms with Gasteiger partial charge in [-0.2, -0.15) is 0 Å². The first-order valence-electron chi connectivity index (χ1n) is 5.56. The Morgan fingerprint density at radius 2 is 2.12 bits per heavy atom. The fourth-order valence-corrected chi connectivity index (χ4v) is 1.94. The maximum Gasteiger partial charge on any atom is 0.240 e. The van der Waals surface area contributed by atoms with Crippen LogP contribution in [0.15, 0.2) is 0 Å². The van der Waals surface area contributed by atoms with Crippen LogP contribution < -0.4 is 5.32 Å². The molecule has 0 bridgehead atoms. The fourth-order valence-electron chi connectivity index (χ4n) is 1.94. The number of carbonyl (C=O) groups excluding carboxylic acids is 2. The zero-order chi connectivity index (χ0) is 11.4. The molecule has 1 rings (SSSR count). The molecule has 0 aromatic rings. The number of carbonyl (C=O) groups is 2. The monoisotopic (exact) mass is 228 g/mol. The lowest BCUT2D eigenvalue weighted by atomic mass is 10.1. The molecule has 94 valence electrons. The SMILES string of the molecule is C.CNC1CCCCN(C(C)C(C)=O)C1=O. The molecule has 0 aliphatic carbocycles. The summed E-state index contributed by atoms with van der Waals surface area (Å²) in [5.74, 6) is 0.123. The number of likely N-dealkylation sites (N-methyl/N-ethyl adjacent to an activating group) is 1. The van der Waals surface area contributed by atoms with Gasteiger partial charge in [0.25, 0.3) is 0 Å². The highest BCUT2D eigenvalue weighted by Gasteiger charge is 2.30. The predicted molar refractivity (Wildman–Crippen MR) is 65.3 cm³/mol. The van der Waals surface area contributed by atoms with Crippen LogP contribution >= 0.6 is 0 Å². The lowest BCUT2D eigenvalue weighted by Crippen LogP contribution is -2.49. The van der Waals surface area contributed by atoms with Crippen LogP contribution in [0.25, 0.3) is 0 Å². The second kappa shape index (κ2) is 6.63. The van der Waals surface area contributed by atoms with E-state index in [2.05, 4.69) is 5.32 Å².